The molecule has 1 N–H and O–H groups in total. The third-order valence-corrected chi connectivity index (χ3v) is 5.34. The Labute approximate surface area is 194 Å². The molecule has 0 radical (unpaired) electrons. The number of anilines is 1. The number of piperazine rings is 1. The maximum atomic E-state index is 10.5. The maximum Gasteiger partial charge on any atom is 0.123 e. The highest BCUT2D eigenvalue weighted by Crippen LogP contribution is 2.32. The van der Waals surface area contributed by atoms with Gasteiger partial charge in [0, 0.05) is 38.4 Å². The quantitative estimate of drug-likeness (QED) is 0.685. The smallest absolute Gasteiger partial charge is 0.123 e. The lowest BCUT2D eigenvalue weighted by molar-refractivity contribution is 0.0656. The first kappa shape index (κ1) is 26.6. The van der Waals surface area contributed by atoms with Gasteiger partial charge in [0.05, 0.1) is 0 Å². The summed E-state index contributed by atoms with van der Waals surface area (Å²) in [6, 6.07) is 16.8. The Hall–Kier alpha value is -1.46. The molecule has 6 heteroatoms. The predicted molar refractivity (Wildman–Crippen MR) is 131 cm³/mol. The topological polar surface area (TPSA) is 35.9 Å². The Kier molecular flexibility index (Phi) is 10.5. The Morgan fingerprint density at radius 3 is 2.20 bits per heavy atom. The lowest BCUT2D eigenvalue weighted by atomic mass is 9.85. The zero-order valence-electron chi connectivity index (χ0n) is 18.5. The number of halogens is 2. The first-order chi connectivity index (χ1) is 13.3. The van der Waals surface area contributed by atoms with E-state index in [0.29, 0.717) is 13.2 Å². The summed E-state index contributed by atoms with van der Waals surface area (Å²) in [5.74, 6) is 0.881. The van der Waals surface area contributed by atoms with Crippen molar-refractivity contribution < 1.29 is 9.84 Å². The van der Waals surface area contributed by atoms with Gasteiger partial charge < -0.3 is 14.7 Å². The Morgan fingerprint density at radius 1 is 0.967 bits per heavy atom. The van der Waals surface area contributed by atoms with Crippen LogP contribution in [0.4, 0.5) is 5.69 Å². The van der Waals surface area contributed by atoms with E-state index in [9.17, 15) is 5.11 Å². The van der Waals surface area contributed by atoms with E-state index in [1.54, 1.807) is 0 Å². The molecule has 0 bridgehead atoms. The molecule has 4 nitrogen and oxygen atoms in total. The zero-order chi connectivity index (χ0) is 20.1. The number of nitrogens with zero attached hydrogens (tertiary/aromatic N) is 2. The highest BCUT2D eigenvalue weighted by molar-refractivity contribution is 5.85. The average molecular weight is 455 g/mol. The molecule has 30 heavy (non-hydrogen) atoms. The molecule has 168 valence electrons. The van der Waals surface area contributed by atoms with Gasteiger partial charge in [0.1, 0.15) is 18.5 Å². The summed E-state index contributed by atoms with van der Waals surface area (Å²) in [6.07, 6.45) is -0.489. The molecule has 0 amide bonds. The average Bonchev–Trinajstić information content (AvgIpc) is 2.67. The molecule has 2 aromatic carbocycles. The van der Waals surface area contributed by atoms with Gasteiger partial charge in [-0.05, 0) is 36.1 Å². The summed E-state index contributed by atoms with van der Waals surface area (Å²) < 4.78 is 6.03. The van der Waals surface area contributed by atoms with Crippen molar-refractivity contribution in [2.45, 2.75) is 39.2 Å². The minimum Gasteiger partial charge on any atom is -0.491 e. The fourth-order valence-electron chi connectivity index (χ4n) is 3.72. The van der Waals surface area contributed by atoms with Crippen molar-refractivity contribution in [1.82, 2.24) is 4.90 Å². The largest absolute Gasteiger partial charge is 0.491 e. The summed E-state index contributed by atoms with van der Waals surface area (Å²) in [5, 5.41) is 10.5. The van der Waals surface area contributed by atoms with Crippen LogP contribution in [0.2, 0.25) is 0 Å². The van der Waals surface area contributed by atoms with E-state index in [4.69, 9.17) is 4.74 Å². The van der Waals surface area contributed by atoms with Crippen molar-refractivity contribution >= 4 is 30.5 Å². The number of hydrogen-bond donors (Lipinski definition) is 1. The van der Waals surface area contributed by atoms with Crippen LogP contribution in [0.15, 0.2) is 48.5 Å². The number of aliphatic hydroxyl groups is 1. The monoisotopic (exact) mass is 454 g/mol. The number of ether oxygens (including phenoxy) is 1. The van der Waals surface area contributed by atoms with Gasteiger partial charge in [0.15, 0.2) is 0 Å². The van der Waals surface area contributed by atoms with Gasteiger partial charge in [0.25, 0.3) is 0 Å². The molecule has 1 aliphatic rings. The molecule has 1 unspecified atom stereocenters. The van der Waals surface area contributed by atoms with Gasteiger partial charge >= 0.3 is 0 Å². The Bertz CT molecular complexity index is 758. The fraction of sp³-hybridized carbons (Fsp3) is 0.500. The van der Waals surface area contributed by atoms with Crippen LogP contribution in [0.1, 0.15) is 31.9 Å². The molecule has 2 aromatic rings. The maximum absolute atomic E-state index is 10.5. The second-order valence-electron chi connectivity index (χ2n) is 8.84. The Balaban J connectivity index is 0.00000225. The van der Waals surface area contributed by atoms with Crippen molar-refractivity contribution in [2.75, 3.05) is 44.2 Å². The standard InChI is InChI=1S/C24H34N2O2.2ClH/c1-19-10-11-23(22(16-19)24(2,3)4)28-18-21(27)17-25-12-14-26(15-13-25)20-8-6-5-7-9-20;;/h5-11,16,21,27H,12-15,17-18H2,1-4H3;2*1H. The molecule has 3 rings (SSSR count). The van der Waals surface area contributed by atoms with Gasteiger partial charge in [-0.15, -0.1) is 24.8 Å². The molecular formula is C24H36Cl2N2O2. The van der Waals surface area contributed by atoms with Crippen LogP contribution >= 0.6 is 24.8 Å². The third kappa shape index (κ3) is 7.35. The van der Waals surface area contributed by atoms with E-state index in [-0.39, 0.29) is 30.2 Å². The van der Waals surface area contributed by atoms with Crippen LogP contribution in [0.5, 0.6) is 5.75 Å². The molecular weight excluding hydrogens is 419 g/mol. The number of hydrogen-bond acceptors (Lipinski definition) is 4. The summed E-state index contributed by atoms with van der Waals surface area (Å²) in [7, 11) is 0. The van der Waals surface area contributed by atoms with Crippen LogP contribution in [0.25, 0.3) is 0 Å². The van der Waals surface area contributed by atoms with E-state index in [0.717, 1.165) is 31.9 Å². The van der Waals surface area contributed by atoms with Crippen molar-refractivity contribution in [3.05, 3.63) is 59.7 Å². The minimum absolute atomic E-state index is 0. The first-order valence-electron chi connectivity index (χ1n) is 10.3. The number of rotatable bonds is 6. The van der Waals surface area contributed by atoms with Crippen molar-refractivity contribution in [1.29, 1.82) is 0 Å². The molecule has 0 aromatic heterocycles. The van der Waals surface area contributed by atoms with Gasteiger partial charge in [0.2, 0.25) is 0 Å². The van der Waals surface area contributed by atoms with E-state index < -0.39 is 6.10 Å². The molecule has 0 aliphatic carbocycles. The van der Waals surface area contributed by atoms with E-state index in [2.05, 4.69) is 80.0 Å². The molecule has 1 fully saturated rings. The summed E-state index contributed by atoms with van der Waals surface area (Å²) >= 11 is 0. The van der Waals surface area contributed by atoms with Crippen LogP contribution < -0.4 is 9.64 Å². The van der Waals surface area contributed by atoms with Crippen LogP contribution in [0.3, 0.4) is 0 Å². The molecule has 1 heterocycles. The van der Waals surface area contributed by atoms with Crippen molar-refractivity contribution in [2.24, 2.45) is 0 Å². The normalized spacial score (nSPS) is 15.7. The summed E-state index contributed by atoms with van der Waals surface area (Å²) in [6.45, 7) is 13.6. The van der Waals surface area contributed by atoms with Crippen LogP contribution in [-0.4, -0.2) is 55.4 Å². The third-order valence-electron chi connectivity index (χ3n) is 5.34. The zero-order valence-corrected chi connectivity index (χ0v) is 20.1. The SMILES string of the molecule is Cc1ccc(OCC(O)CN2CCN(c3ccccc3)CC2)c(C(C)(C)C)c1.Cl.Cl. The van der Waals surface area contributed by atoms with Crippen molar-refractivity contribution in [3.8, 4) is 5.75 Å². The predicted octanol–water partition coefficient (Wildman–Crippen LogP) is 4.70. The van der Waals surface area contributed by atoms with Crippen LogP contribution in [0, 0.1) is 6.92 Å². The minimum atomic E-state index is -0.489. The number of benzene rings is 2. The highest BCUT2D eigenvalue weighted by Gasteiger charge is 2.22. The number of aliphatic hydroxyl groups excluding tert-OH is 1. The van der Waals surface area contributed by atoms with E-state index in [1.807, 2.05) is 6.07 Å². The molecule has 1 aliphatic heterocycles. The summed E-state index contributed by atoms with van der Waals surface area (Å²) in [5.41, 5.74) is 3.71. The number of aryl methyl sites for hydroxylation is 1. The lowest BCUT2D eigenvalue weighted by Crippen LogP contribution is -2.49. The van der Waals surface area contributed by atoms with Gasteiger partial charge in [-0.25, -0.2) is 0 Å². The molecule has 0 spiro atoms. The second-order valence-corrected chi connectivity index (χ2v) is 8.84. The molecule has 1 saturated heterocycles. The number of β-amino-alcohol motifs (C(OH)–C–C–N with tert-alkyl or cyclic N) is 1. The first-order valence-corrected chi connectivity index (χ1v) is 10.3. The lowest BCUT2D eigenvalue weighted by Gasteiger charge is -2.36. The molecule has 0 saturated carbocycles. The van der Waals surface area contributed by atoms with Crippen LogP contribution in [-0.2, 0) is 5.41 Å². The van der Waals surface area contributed by atoms with Gasteiger partial charge in [-0.2, -0.15) is 0 Å². The van der Waals surface area contributed by atoms with E-state index in [1.165, 1.54) is 16.8 Å². The second kappa shape index (κ2) is 11.8. The highest BCUT2D eigenvalue weighted by atomic mass is 35.5. The van der Waals surface area contributed by atoms with E-state index >= 15 is 0 Å². The summed E-state index contributed by atoms with van der Waals surface area (Å²) in [4.78, 5) is 4.73. The Morgan fingerprint density at radius 2 is 1.60 bits per heavy atom. The van der Waals surface area contributed by atoms with Gasteiger partial charge in [-0.1, -0.05) is 56.7 Å². The number of para-hydroxylation sites is 1. The van der Waals surface area contributed by atoms with Gasteiger partial charge in [-0.3, -0.25) is 4.90 Å². The fourth-order valence-corrected chi connectivity index (χ4v) is 3.72. The molecule has 1 atom stereocenters. The van der Waals surface area contributed by atoms with Crippen molar-refractivity contribution in [3.63, 3.8) is 0 Å².